The molecule has 0 spiro atoms. The van der Waals surface area contributed by atoms with E-state index in [1.807, 2.05) is 90.3 Å². The summed E-state index contributed by atoms with van der Waals surface area (Å²) in [5, 5.41) is 43.2. The van der Waals surface area contributed by atoms with E-state index in [4.69, 9.17) is 9.47 Å². The van der Waals surface area contributed by atoms with E-state index in [0.717, 1.165) is 188 Å². The molecule has 36 heteroatoms. The van der Waals surface area contributed by atoms with Crippen LogP contribution in [0, 0.1) is 27.7 Å². The minimum absolute atomic E-state index is 0.0671. The first-order valence-electron chi connectivity index (χ1n) is 48.6. The quantitative estimate of drug-likeness (QED) is 0.0257. The second-order valence-electron chi connectivity index (χ2n) is 39.0. The number of nitrogens with one attached hydrogen (secondary N) is 7. The molecule has 2 saturated carbocycles. The van der Waals surface area contributed by atoms with Crippen LogP contribution in [0.4, 0.5) is 23.3 Å². The predicted molar refractivity (Wildman–Crippen MR) is 531 cm³/mol. The molecule has 17 rings (SSSR count). The third kappa shape index (κ3) is 24.2. The average Bonchev–Trinajstić information content (AvgIpc) is 1.62. The van der Waals surface area contributed by atoms with Gasteiger partial charge in [-0.2, -0.15) is 0 Å². The summed E-state index contributed by atoms with van der Waals surface area (Å²) < 4.78 is 11.3. The standard InChI is InChI=1S/C26H35N5O3S.C25H35N5O3S.2C24H33N5O3S/c1-5-16(3)28-21-11-15(2)20(12-27-21)23-22(25(32)31-10-6-7-17(31)4)29-24(35-23)26(33)30-13-18-8-9-19(14-30)34-18;1-15-13-19(29-25(3,4)5)26-14-18(15)21-20(24(32)30-10-6-7-16(30)2)28-23(34-21)22(31)27-17-8-11-33-12-9-17;2*1-5-14(3)26-19-11-13(2)16(12-25-19)21-20(24(32)29-10-6-7-15(29)4)28-23(33-21)22(31)27-17-8-9-18(17)30/h11-12,16-19H,5-10,13-14H2,1-4H3,(H,27,28);13-14,16-17H,6-12H2,1-5H3,(H,26,29)(H,27,31);2*11-12,14-15,17-18,30H,5-10H2,1-4H3,(H,25,26)(H,27,31)/t16-,17+,18?,19?;16-;14-,15+,17?,18?;14-,15+,17+,18-/m1011/s1. The van der Waals surface area contributed by atoms with E-state index in [1.54, 1.807) is 24.8 Å². The van der Waals surface area contributed by atoms with Gasteiger partial charge in [-0.05, 0) is 265 Å². The Hall–Kier alpha value is -10.1. The van der Waals surface area contributed by atoms with E-state index in [2.05, 4.69) is 153 Å². The number of pyridine rings is 4. The Balaban J connectivity index is 0.000000144. The molecule has 9 aliphatic rings. The maximum Gasteiger partial charge on any atom is 0.283 e. The highest BCUT2D eigenvalue weighted by molar-refractivity contribution is 7.18. The van der Waals surface area contributed by atoms with Crippen LogP contribution in [0.25, 0.3) is 41.8 Å². The fraction of sp³-hybridized carbons (Fsp3) is 0.596. The Bertz CT molecular complexity index is 5410. The molecule has 135 heavy (non-hydrogen) atoms. The van der Waals surface area contributed by atoms with Crippen molar-refractivity contribution in [2.45, 2.75) is 330 Å². The number of morpholine rings is 1. The molecule has 15 heterocycles. The molecule has 2 aliphatic carbocycles. The molecule has 8 aromatic rings. The molecule has 9 fully saturated rings. The number of hydrogen-bond donors (Lipinski definition) is 9. The molecule has 8 amide bonds. The van der Waals surface area contributed by atoms with Gasteiger partial charge in [-0.1, -0.05) is 20.8 Å². The SMILES string of the molecule is CC[C@@H](C)Nc1cc(C)c(-c2sc(C(=O)N3CC4CCC(C3)O4)nc2C(=O)N2CCC[C@@H]2C)cn1.CC[C@@H](C)Nc1cc(C)c(-c2sc(C(=O)NC3CCC3O)nc2C(=O)N2CCC[C@@H]2C)cn1.CC[C@@H](C)Nc1cc(C)c(-c2sc(C(=O)N[C@H]3CC[C@H]3O)nc2C(=O)N2CCC[C@@H]2C)cn1.Cc1cc(NC(C)(C)C)ncc1-c1sc(C(=O)NC2CCOCC2)nc1C(=O)N1CCC[C@@H]1C. The Morgan fingerprint density at radius 2 is 0.719 bits per heavy atom. The molecule has 9 N–H and O–H groups in total. The summed E-state index contributed by atoms with van der Waals surface area (Å²) in [7, 11) is 0. The highest BCUT2D eigenvalue weighted by Crippen LogP contribution is 2.43. The van der Waals surface area contributed by atoms with Gasteiger partial charge in [0.2, 0.25) is 0 Å². The van der Waals surface area contributed by atoms with Gasteiger partial charge in [0.15, 0.2) is 20.0 Å². The first kappa shape index (κ1) is 101. The number of anilines is 4. The van der Waals surface area contributed by atoms with Gasteiger partial charge in [0, 0.05) is 153 Å². The van der Waals surface area contributed by atoms with Crippen LogP contribution in [0.2, 0.25) is 0 Å². The Labute approximate surface area is 808 Å². The molecule has 32 nitrogen and oxygen atoms in total. The number of rotatable bonds is 25. The van der Waals surface area contributed by atoms with Crippen molar-refractivity contribution >= 4 is 116 Å². The van der Waals surface area contributed by atoms with Gasteiger partial charge in [-0.15, -0.1) is 45.3 Å². The normalized spacial score (nSPS) is 22.6. The summed E-state index contributed by atoms with van der Waals surface area (Å²) in [6.07, 6.45) is 23.5. The monoisotopic (exact) mass is 1920 g/mol. The van der Waals surface area contributed by atoms with Crippen LogP contribution < -0.4 is 37.2 Å². The van der Waals surface area contributed by atoms with Crippen molar-refractivity contribution in [1.82, 2.24) is 80.3 Å². The molecule has 7 saturated heterocycles. The highest BCUT2D eigenvalue weighted by Gasteiger charge is 2.42. The number of hydrogen-bond acceptors (Lipinski definition) is 28. The number of likely N-dealkylation sites (tertiary alicyclic amines) is 5. The number of ether oxygens (including phenoxy) is 2. The number of thiazole rings is 4. The average molecular weight is 1930 g/mol. The van der Waals surface area contributed by atoms with E-state index in [1.165, 1.54) is 45.3 Å². The molecule has 4 unspecified atom stereocenters. The lowest BCUT2D eigenvalue weighted by Crippen LogP contribution is -2.50. The number of fused-ring (bicyclic) bond motifs is 2. The van der Waals surface area contributed by atoms with Gasteiger partial charge in [-0.25, -0.2) is 39.9 Å². The van der Waals surface area contributed by atoms with Crippen LogP contribution in [-0.2, 0) is 9.47 Å². The maximum absolute atomic E-state index is 13.6. The molecule has 0 aromatic carbocycles. The number of carbonyl (C=O) groups is 8. The Morgan fingerprint density at radius 1 is 0.415 bits per heavy atom. The van der Waals surface area contributed by atoms with Crippen LogP contribution in [0.3, 0.4) is 0 Å². The molecule has 728 valence electrons. The van der Waals surface area contributed by atoms with Crippen LogP contribution in [0.1, 0.15) is 315 Å². The topological polar surface area (TPSA) is 399 Å². The summed E-state index contributed by atoms with van der Waals surface area (Å²) in [5.74, 6) is 1.63. The number of aliphatic hydroxyl groups is 2. The number of aryl methyl sites for hydroxylation is 4. The van der Waals surface area contributed by atoms with E-state index in [-0.39, 0.29) is 117 Å². The van der Waals surface area contributed by atoms with Gasteiger partial charge < -0.3 is 81.4 Å². The van der Waals surface area contributed by atoms with Crippen molar-refractivity contribution < 1.29 is 58.0 Å². The van der Waals surface area contributed by atoms with E-state index >= 15 is 0 Å². The number of nitrogens with zero attached hydrogens (tertiary/aromatic N) is 13. The zero-order chi connectivity index (χ0) is 96.5. The van der Waals surface area contributed by atoms with Gasteiger partial charge in [-0.3, -0.25) is 38.4 Å². The molecule has 8 aromatic heterocycles. The van der Waals surface area contributed by atoms with Crippen molar-refractivity contribution in [3.8, 4) is 41.8 Å². The van der Waals surface area contributed by atoms with Crippen molar-refractivity contribution in [1.29, 1.82) is 0 Å². The minimum atomic E-state index is -0.517. The van der Waals surface area contributed by atoms with Crippen LogP contribution >= 0.6 is 45.3 Å². The minimum Gasteiger partial charge on any atom is -0.391 e. The van der Waals surface area contributed by atoms with Gasteiger partial charge in [0.1, 0.15) is 46.0 Å². The lowest BCUT2D eigenvalue weighted by Gasteiger charge is -2.32. The second kappa shape index (κ2) is 44.6. The van der Waals surface area contributed by atoms with E-state index in [0.29, 0.717) is 124 Å². The first-order valence-corrected chi connectivity index (χ1v) is 51.8. The maximum atomic E-state index is 13.6. The number of aromatic nitrogens is 8. The van der Waals surface area contributed by atoms with Crippen molar-refractivity contribution in [3.63, 3.8) is 0 Å². The smallest absolute Gasteiger partial charge is 0.283 e. The van der Waals surface area contributed by atoms with Gasteiger partial charge >= 0.3 is 0 Å². The number of carbonyl (C=O) groups excluding carboxylic acids is 8. The molecular formula is C99H136N20O12S4. The molecule has 13 atom stereocenters. The largest absolute Gasteiger partial charge is 0.391 e. The Morgan fingerprint density at radius 3 is 1.00 bits per heavy atom. The van der Waals surface area contributed by atoms with Gasteiger partial charge in [0.25, 0.3) is 47.3 Å². The van der Waals surface area contributed by atoms with Crippen LogP contribution in [-0.4, -0.2) is 265 Å². The zero-order valence-corrected chi connectivity index (χ0v) is 84.5. The lowest BCUT2D eigenvalue weighted by atomic mass is 9.89. The molecule has 0 radical (unpaired) electrons. The first-order chi connectivity index (χ1) is 64.5. The molecule has 2 bridgehead atoms. The highest BCUT2D eigenvalue weighted by atomic mass is 32.1. The summed E-state index contributed by atoms with van der Waals surface area (Å²) in [6.45, 7) is 40.5. The molecular weight excluding hydrogens is 1790 g/mol. The van der Waals surface area contributed by atoms with Crippen LogP contribution in [0.5, 0.6) is 0 Å². The zero-order valence-electron chi connectivity index (χ0n) is 81.2. The third-order valence-corrected chi connectivity index (χ3v) is 31.6. The summed E-state index contributed by atoms with van der Waals surface area (Å²) in [6, 6.07) is 9.05. The summed E-state index contributed by atoms with van der Waals surface area (Å²) in [4.78, 5) is 155. The third-order valence-electron chi connectivity index (χ3n) is 27.3. The van der Waals surface area contributed by atoms with Crippen molar-refractivity contribution in [2.24, 2.45) is 0 Å². The van der Waals surface area contributed by atoms with Crippen molar-refractivity contribution in [3.05, 3.63) is 114 Å². The van der Waals surface area contributed by atoms with E-state index in [9.17, 15) is 48.6 Å². The van der Waals surface area contributed by atoms with Crippen LogP contribution in [0.15, 0.2) is 49.1 Å². The second-order valence-corrected chi connectivity index (χ2v) is 43.0. The Kier molecular flexibility index (Phi) is 33.3. The van der Waals surface area contributed by atoms with Crippen molar-refractivity contribution in [2.75, 3.05) is 73.7 Å². The van der Waals surface area contributed by atoms with Gasteiger partial charge in [0.05, 0.1) is 56.0 Å². The lowest BCUT2D eigenvalue weighted by molar-refractivity contribution is -0.0303. The fourth-order valence-electron chi connectivity index (χ4n) is 18.2. The summed E-state index contributed by atoms with van der Waals surface area (Å²) >= 11 is 5.01. The van der Waals surface area contributed by atoms with E-state index < -0.39 is 12.2 Å². The fourth-order valence-corrected chi connectivity index (χ4v) is 22.4. The summed E-state index contributed by atoms with van der Waals surface area (Å²) in [5.41, 5.74) is 8.41. The molecule has 7 aliphatic heterocycles. The predicted octanol–water partition coefficient (Wildman–Crippen LogP) is 15.8. The number of aliphatic hydroxyl groups excluding tert-OH is 2. The number of amides is 8.